The van der Waals surface area contributed by atoms with E-state index < -0.39 is 0 Å². The molecule has 4 heteroatoms. The van der Waals surface area contributed by atoms with Crippen LogP contribution in [0.15, 0.2) is 15.9 Å². The number of halogens is 1. The number of thiophene rings is 1. The molecule has 0 aromatic carbocycles. The van der Waals surface area contributed by atoms with E-state index in [-0.39, 0.29) is 11.6 Å². The summed E-state index contributed by atoms with van der Waals surface area (Å²) in [7, 11) is 0. The van der Waals surface area contributed by atoms with Crippen LogP contribution in [0.2, 0.25) is 0 Å². The maximum atomic E-state index is 6.54. The van der Waals surface area contributed by atoms with Crippen molar-refractivity contribution in [2.24, 2.45) is 11.7 Å². The van der Waals surface area contributed by atoms with Crippen LogP contribution >= 0.6 is 27.3 Å². The van der Waals surface area contributed by atoms with Gasteiger partial charge in [-0.25, -0.2) is 0 Å². The molecule has 1 fully saturated rings. The fourth-order valence-electron chi connectivity index (χ4n) is 3.27. The third kappa shape index (κ3) is 3.81. The van der Waals surface area contributed by atoms with Crippen LogP contribution in [-0.4, -0.2) is 18.2 Å². The molecule has 0 saturated heterocycles. The van der Waals surface area contributed by atoms with E-state index >= 15 is 0 Å². The van der Waals surface area contributed by atoms with Crippen molar-refractivity contribution in [2.75, 3.05) is 6.61 Å². The Labute approximate surface area is 128 Å². The number of nitrogens with two attached hydrogens (primary N) is 1. The molecule has 19 heavy (non-hydrogen) atoms. The van der Waals surface area contributed by atoms with Crippen molar-refractivity contribution in [3.63, 3.8) is 0 Å². The lowest BCUT2D eigenvalue weighted by atomic mass is 9.74. The summed E-state index contributed by atoms with van der Waals surface area (Å²) in [5, 5.41) is 0. The molecule has 1 heterocycles. The smallest absolute Gasteiger partial charge is 0.0838 e. The van der Waals surface area contributed by atoms with Crippen molar-refractivity contribution in [1.29, 1.82) is 0 Å². The van der Waals surface area contributed by atoms with E-state index in [1.165, 1.54) is 21.5 Å². The molecular formula is C15H24BrNOS. The Bertz CT molecular complexity index is 405. The van der Waals surface area contributed by atoms with Gasteiger partial charge in [0.05, 0.1) is 9.39 Å². The second-order valence-corrected chi connectivity index (χ2v) is 8.26. The predicted octanol–water partition coefficient (Wildman–Crippen LogP) is 4.37. The molecule has 1 aliphatic rings. The average Bonchev–Trinajstić information content (AvgIpc) is 2.75. The highest BCUT2D eigenvalue weighted by Gasteiger charge is 2.41. The fraction of sp³-hybridized carbons (Fsp3) is 0.733. The SMILES string of the molecule is CCOC1(C(N)Cc2ccc(Br)s2)CCCC(C)C1. The number of ether oxygens (including phenoxy) is 1. The number of hydrogen-bond donors (Lipinski definition) is 1. The van der Waals surface area contributed by atoms with Gasteiger partial charge in [-0.1, -0.05) is 19.8 Å². The standard InChI is InChI=1S/C15H24BrNOS/c1-3-18-15(8-4-5-11(2)10-15)13(17)9-12-6-7-14(16)19-12/h6-7,11,13H,3-5,8-10,17H2,1-2H3. The minimum Gasteiger partial charge on any atom is -0.374 e. The maximum absolute atomic E-state index is 6.54. The number of hydrogen-bond acceptors (Lipinski definition) is 3. The summed E-state index contributed by atoms with van der Waals surface area (Å²) >= 11 is 5.30. The van der Waals surface area contributed by atoms with Crippen LogP contribution in [-0.2, 0) is 11.2 Å². The minimum atomic E-state index is -0.108. The summed E-state index contributed by atoms with van der Waals surface area (Å²) in [6.07, 6.45) is 5.69. The highest BCUT2D eigenvalue weighted by molar-refractivity contribution is 9.11. The first-order valence-corrected chi connectivity index (χ1v) is 8.80. The zero-order valence-electron chi connectivity index (χ0n) is 11.8. The summed E-state index contributed by atoms with van der Waals surface area (Å²) in [5.41, 5.74) is 6.43. The van der Waals surface area contributed by atoms with E-state index in [2.05, 4.69) is 41.9 Å². The lowest BCUT2D eigenvalue weighted by molar-refractivity contribution is -0.0923. The second kappa shape index (κ2) is 6.70. The van der Waals surface area contributed by atoms with Gasteiger partial charge in [-0.15, -0.1) is 11.3 Å². The van der Waals surface area contributed by atoms with Crippen molar-refractivity contribution in [1.82, 2.24) is 0 Å². The molecule has 3 atom stereocenters. The quantitative estimate of drug-likeness (QED) is 0.859. The topological polar surface area (TPSA) is 35.2 Å². The van der Waals surface area contributed by atoms with E-state index in [4.69, 9.17) is 10.5 Å². The van der Waals surface area contributed by atoms with E-state index in [1.54, 1.807) is 11.3 Å². The molecule has 1 aromatic rings. The lowest BCUT2D eigenvalue weighted by Gasteiger charge is -2.44. The van der Waals surface area contributed by atoms with E-state index in [0.717, 1.165) is 31.8 Å². The Morgan fingerprint density at radius 1 is 1.58 bits per heavy atom. The van der Waals surface area contributed by atoms with Gasteiger partial charge in [-0.05, 0) is 60.2 Å². The summed E-state index contributed by atoms with van der Waals surface area (Å²) in [4.78, 5) is 1.34. The molecule has 1 aliphatic carbocycles. The first kappa shape index (κ1) is 15.5. The predicted molar refractivity (Wildman–Crippen MR) is 85.7 cm³/mol. The Kier molecular flexibility index (Phi) is 5.46. The van der Waals surface area contributed by atoms with Crippen LogP contribution in [0.3, 0.4) is 0 Å². The Morgan fingerprint density at radius 2 is 2.37 bits per heavy atom. The van der Waals surface area contributed by atoms with Crippen molar-refractivity contribution in [3.8, 4) is 0 Å². The van der Waals surface area contributed by atoms with Gasteiger partial charge in [0, 0.05) is 17.5 Å². The third-order valence-electron chi connectivity index (χ3n) is 4.15. The van der Waals surface area contributed by atoms with E-state index in [9.17, 15) is 0 Å². The minimum absolute atomic E-state index is 0.0979. The molecule has 2 N–H and O–H groups in total. The molecule has 3 unspecified atom stereocenters. The van der Waals surface area contributed by atoms with Gasteiger partial charge in [0.1, 0.15) is 0 Å². The Balaban J connectivity index is 2.09. The lowest BCUT2D eigenvalue weighted by Crippen LogP contribution is -2.53. The van der Waals surface area contributed by atoms with Crippen molar-refractivity contribution in [3.05, 3.63) is 20.8 Å². The zero-order chi connectivity index (χ0) is 13.9. The van der Waals surface area contributed by atoms with Crippen LogP contribution in [0, 0.1) is 5.92 Å². The van der Waals surface area contributed by atoms with Crippen molar-refractivity contribution >= 4 is 27.3 Å². The van der Waals surface area contributed by atoms with Crippen molar-refractivity contribution < 1.29 is 4.74 Å². The average molecular weight is 346 g/mol. The van der Waals surface area contributed by atoms with Gasteiger partial charge in [-0.3, -0.25) is 0 Å². The van der Waals surface area contributed by atoms with Crippen LogP contribution in [0.4, 0.5) is 0 Å². The second-order valence-electron chi connectivity index (χ2n) is 5.72. The molecule has 2 rings (SSSR count). The van der Waals surface area contributed by atoms with Gasteiger partial charge < -0.3 is 10.5 Å². The molecule has 2 nitrogen and oxygen atoms in total. The molecule has 108 valence electrons. The molecule has 0 bridgehead atoms. The highest BCUT2D eigenvalue weighted by atomic mass is 79.9. The van der Waals surface area contributed by atoms with Gasteiger partial charge in [0.25, 0.3) is 0 Å². The van der Waals surface area contributed by atoms with Crippen LogP contribution in [0.5, 0.6) is 0 Å². The Hall–Kier alpha value is 0.1000. The molecule has 1 aromatic heterocycles. The van der Waals surface area contributed by atoms with Gasteiger partial charge in [0.15, 0.2) is 0 Å². The molecular weight excluding hydrogens is 322 g/mol. The maximum Gasteiger partial charge on any atom is 0.0838 e. The Morgan fingerprint density at radius 3 is 2.95 bits per heavy atom. The monoisotopic (exact) mass is 345 g/mol. The number of rotatable bonds is 5. The van der Waals surface area contributed by atoms with Gasteiger partial charge in [0.2, 0.25) is 0 Å². The fourth-order valence-corrected chi connectivity index (χ4v) is 4.81. The molecule has 1 saturated carbocycles. The molecule has 0 spiro atoms. The summed E-state index contributed by atoms with van der Waals surface area (Å²) in [5.74, 6) is 0.724. The van der Waals surface area contributed by atoms with Gasteiger partial charge in [-0.2, -0.15) is 0 Å². The van der Waals surface area contributed by atoms with Crippen LogP contribution < -0.4 is 5.73 Å². The summed E-state index contributed by atoms with van der Waals surface area (Å²) in [6, 6.07) is 4.37. The molecule has 0 amide bonds. The van der Waals surface area contributed by atoms with Crippen LogP contribution in [0.25, 0.3) is 0 Å². The summed E-state index contributed by atoms with van der Waals surface area (Å²) in [6.45, 7) is 5.16. The first-order valence-electron chi connectivity index (χ1n) is 7.19. The highest BCUT2D eigenvalue weighted by Crippen LogP contribution is 2.38. The van der Waals surface area contributed by atoms with Gasteiger partial charge >= 0.3 is 0 Å². The normalized spacial score (nSPS) is 29.4. The largest absolute Gasteiger partial charge is 0.374 e. The zero-order valence-corrected chi connectivity index (χ0v) is 14.2. The van der Waals surface area contributed by atoms with E-state index in [1.807, 2.05) is 0 Å². The van der Waals surface area contributed by atoms with E-state index in [0.29, 0.717) is 0 Å². The first-order chi connectivity index (χ1) is 9.05. The summed E-state index contributed by atoms with van der Waals surface area (Å²) < 4.78 is 7.33. The van der Waals surface area contributed by atoms with Crippen molar-refractivity contribution in [2.45, 2.75) is 57.6 Å². The van der Waals surface area contributed by atoms with Crippen LogP contribution in [0.1, 0.15) is 44.4 Å². The third-order valence-corrected chi connectivity index (χ3v) is 5.79. The molecule has 0 radical (unpaired) electrons. The molecule has 0 aliphatic heterocycles.